The SMILES string of the molecule is OC[C@@H](O)[C@H](O)[C@H](O[C@H]1O[C@H](CO)[C@H](O)[C@H](O[C@H]2O[C@H](CO)[C@H](O)[C@H](O)[C@H]2O)[C@H]1O)[C@@H](O)CO. The van der Waals surface area contributed by atoms with Crippen LogP contribution in [0.5, 0.6) is 0 Å². The van der Waals surface area contributed by atoms with Gasteiger partial charge in [-0.05, 0) is 0 Å². The molecule has 2 aliphatic heterocycles. The summed E-state index contributed by atoms with van der Waals surface area (Å²) < 4.78 is 21.1. The number of hydrogen-bond donors (Lipinski definition) is 12. The van der Waals surface area contributed by atoms with Gasteiger partial charge in [0.05, 0.1) is 26.4 Å². The van der Waals surface area contributed by atoms with Crippen LogP contribution in [0, 0.1) is 0 Å². The zero-order chi connectivity index (χ0) is 25.7. The van der Waals surface area contributed by atoms with E-state index in [-0.39, 0.29) is 0 Å². The Bertz CT molecular complexity index is 596. The summed E-state index contributed by atoms with van der Waals surface area (Å²) in [6.07, 6.45) is -24.9. The predicted octanol–water partition coefficient (Wildman–Crippen LogP) is -7.94. The topological polar surface area (TPSA) is 280 Å². The normalized spacial score (nSPS) is 42.7. The second-order valence-corrected chi connectivity index (χ2v) is 8.10. The Morgan fingerprint density at radius 2 is 1.15 bits per heavy atom. The molecule has 16 nitrogen and oxygen atoms in total. The third kappa shape index (κ3) is 6.37. The molecular weight excluding hydrogens is 472 g/mol. The molecule has 0 saturated carbocycles. The number of aliphatic hydroxyl groups is 12. The Morgan fingerprint density at radius 1 is 0.618 bits per heavy atom. The number of rotatable bonds is 11. The van der Waals surface area contributed by atoms with E-state index >= 15 is 0 Å². The highest BCUT2D eigenvalue weighted by Crippen LogP contribution is 2.30. The predicted molar refractivity (Wildman–Crippen MR) is 103 cm³/mol. The maximum Gasteiger partial charge on any atom is 0.187 e. The van der Waals surface area contributed by atoms with Crippen LogP contribution in [0.3, 0.4) is 0 Å². The highest BCUT2D eigenvalue weighted by atomic mass is 16.7. The summed E-state index contributed by atoms with van der Waals surface area (Å²) in [6, 6.07) is 0. The van der Waals surface area contributed by atoms with Gasteiger partial charge in [-0.2, -0.15) is 0 Å². The monoisotopic (exact) mass is 506 g/mol. The van der Waals surface area contributed by atoms with Gasteiger partial charge >= 0.3 is 0 Å². The van der Waals surface area contributed by atoms with Gasteiger partial charge in [-0.3, -0.25) is 0 Å². The van der Waals surface area contributed by atoms with Crippen molar-refractivity contribution >= 4 is 0 Å². The lowest BCUT2D eigenvalue weighted by Gasteiger charge is -2.46. The number of aliphatic hydroxyl groups excluding tert-OH is 12. The zero-order valence-corrected chi connectivity index (χ0v) is 17.9. The third-order valence-corrected chi connectivity index (χ3v) is 5.74. The Balaban J connectivity index is 2.24. The van der Waals surface area contributed by atoms with Crippen LogP contribution in [0.2, 0.25) is 0 Å². The minimum Gasteiger partial charge on any atom is -0.394 e. The molecule has 2 rings (SSSR count). The molecule has 2 aliphatic rings. The van der Waals surface area contributed by atoms with Gasteiger partial charge in [-0.15, -0.1) is 0 Å². The molecule has 202 valence electrons. The van der Waals surface area contributed by atoms with Crippen molar-refractivity contribution < 1.29 is 80.2 Å². The van der Waals surface area contributed by atoms with E-state index in [4.69, 9.17) is 24.1 Å². The summed E-state index contributed by atoms with van der Waals surface area (Å²) in [5, 5.41) is 118. The van der Waals surface area contributed by atoms with Crippen LogP contribution in [0.15, 0.2) is 0 Å². The van der Waals surface area contributed by atoms with Crippen molar-refractivity contribution in [1.29, 1.82) is 0 Å². The first-order valence-electron chi connectivity index (χ1n) is 10.5. The smallest absolute Gasteiger partial charge is 0.187 e. The van der Waals surface area contributed by atoms with Crippen LogP contribution in [0.4, 0.5) is 0 Å². The van der Waals surface area contributed by atoms with E-state index in [0.717, 1.165) is 0 Å². The molecule has 0 aliphatic carbocycles. The van der Waals surface area contributed by atoms with Crippen molar-refractivity contribution in [3.8, 4) is 0 Å². The van der Waals surface area contributed by atoms with Gasteiger partial charge in [0.15, 0.2) is 12.6 Å². The average Bonchev–Trinajstić information content (AvgIpc) is 2.84. The summed E-state index contributed by atoms with van der Waals surface area (Å²) in [5.74, 6) is 0. The van der Waals surface area contributed by atoms with Crippen molar-refractivity contribution in [2.24, 2.45) is 0 Å². The molecule has 2 heterocycles. The van der Waals surface area contributed by atoms with E-state index < -0.39 is 112 Å². The van der Waals surface area contributed by atoms with Gasteiger partial charge in [-0.1, -0.05) is 0 Å². The van der Waals surface area contributed by atoms with E-state index in [0.29, 0.717) is 0 Å². The first-order valence-corrected chi connectivity index (χ1v) is 10.5. The second kappa shape index (κ2) is 13.1. The van der Waals surface area contributed by atoms with Crippen LogP contribution in [-0.4, -0.2) is 174 Å². The van der Waals surface area contributed by atoms with Crippen LogP contribution >= 0.6 is 0 Å². The van der Waals surface area contributed by atoms with E-state index in [9.17, 15) is 56.2 Å². The molecule has 0 radical (unpaired) electrons. The molecule has 14 atom stereocenters. The minimum atomic E-state index is -1.98. The first-order chi connectivity index (χ1) is 16.0. The maximum absolute atomic E-state index is 10.7. The first kappa shape index (κ1) is 29.6. The molecule has 0 aromatic carbocycles. The zero-order valence-electron chi connectivity index (χ0n) is 17.9. The van der Waals surface area contributed by atoms with Crippen LogP contribution < -0.4 is 0 Å². The fourth-order valence-corrected chi connectivity index (χ4v) is 3.65. The van der Waals surface area contributed by atoms with E-state index in [1.165, 1.54) is 0 Å². The summed E-state index contributed by atoms with van der Waals surface area (Å²) in [5.41, 5.74) is 0. The van der Waals surface area contributed by atoms with Crippen LogP contribution in [-0.2, 0) is 18.9 Å². The van der Waals surface area contributed by atoms with Crippen LogP contribution in [0.1, 0.15) is 0 Å². The second-order valence-electron chi connectivity index (χ2n) is 8.10. The van der Waals surface area contributed by atoms with Gasteiger partial charge in [0.2, 0.25) is 0 Å². The standard InChI is InChI=1S/C18H34O16/c19-1-5(23)9(25)15(6(24)2-20)33-18-14(30)16(11(27)8(4-22)32-18)34-17-13(29)12(28)10(26)7(3-21)31-17/h5-30H,1-4H2/t5-,6+,7-,8-,9+,10+,11+,12+,13-,14-,15-,16+,17-,18-/m1/s1. The molecule has 2 fully saturated rings. The van der Waals surface area contributed by atoms with Crippen molar-refractivity contribution in [1.82, 2.24) is 0 Å². The third-order valence-electron chi connectivity index (χ3n) is 5.74. The molecule has 0 unspecified atom stereocenters. The fraction of sp³-hybridized carbons (Fsp3) is 1.00. The van der Waals surface area contributed by atoms with Crippen molar-refractivity contribution in [3.05, 3.63) is 0 Å². The van der Waals surface area contributed by atoms with E-state index in [1.54, 1.807) is 0 Å². The average molecular weight is 506 g/mol. The lowest BCUT2D eigenvalue weighted by molar-refractivity contribution is -0.369. The van der Waals surface area contributed by atoms with Crippen LogP contribution in [0.25, 0.3) is 0 Å². The largest absolute Gasteiger partial charge is 0.394 e. The Hall–Kier alpha value is -0.640. The van der Waals surface area contributed by atoms with E-state index in [2.05, 4.69) is 0 Å². The molecule has 2 saturated heterocycles. The van der Waals surface area contributed by atoms with Crippen molar-refractivity contribution in [2.75, 3.05) is 26.4 Å². The summed E-state index contributed by atoms with van der Waals surface area (Å²) in [4.78, 5) is 0. The molecule has 0 bridgehead atoms. The maximum atomic E-state index is 10.7. The van der Waals surface area contributed by atoms with Gasteiger partial charge in [0, 0.05) is 0 Å². The number of ether oxygens (including phenoxy) is 4. The molecule has 34 heavy (non-hydrogen) atoms. The van der Waals surface area contributed by atoms with Crippen molar-refractivity contribution in [2.45, 2.75) is 85.8 Å². The highest BCUT2D eigenvalue weighted by Gasteiger charge is 2.52. The summed E-state index contributed by atoms with van der Waals surface area (Å²) >= 11 is 0. The number of hydrogen-bond acceptors (Lipinski definition) is 16. The van der Waals surface area contributed by atoms with Gasteiger partial charge in [0.1, 0.15) is 73.2 Å². The van der Waals surface area contributed by atoms with Gasteiger partial charge in [-0.25, -0.2) is 0 Å². The molecule has 0 aromatic rings. The Morgan fingerprint density at radius 3 is 1.68 bits per heavy atom. The molecule has 0 aromatic heterocycles. The molecular formula is C18H34O16. The van der Waals surface area contributed by atoms with Gasteiger partial charge in [0.25, 0.3) is 0 Å². The summed E-state index contributed by atoms with van der Waals surface area (Å²) in [6.45, 7) is -3.55. The Kier molecular flexibility index (Phi) is 11.4. The highest BCUT2D eigenvalue weighted by molar-refractivity contribution is 4.95. The molecule has 16 heteroatoms. The fourth-order valence-electron chi connectivity index (χ4n) is 3.65. The summed E-state index contributed by atoms with van der Waals surface area (Å²) in [7, 11) is 0. The molecule has 0 spiro atoms. The van der Waals surface area contributed by atoms with Crippen molar-refractivity contribution in [3.63, 3.8) is 0 Å². The quantitative estimate of drug-likeness (QED) is 0.124. The molecule has 0 amide bonds. The molecule has 12 N–H and O–H groups in total. The minimum absolute atomic E-state index is 0.777. The lowest BCUT2D eigenvalue weighted by Crippen LogP contribution is -2.65. The lowest BCUT2D eigenvalue weighted by atomic mass is 9.96. The Labute approximate surface area is 193 Å². The van der Waals surface area contributed by atoms with E-state index in [1.807, 2.05) is 0 Å². The van der Waals surface area contributed by atoms with Gasteiger partial charge < -0.3 is 80.2 Å².